The topological polar surface area (TPSA) is 164 Å². The van der Waals surface area contributed by atoms with Crippen molar-refractivity contribution in [2.24, 2.45) is 0 Å². The number of rotatable bonds is 13. The van der Waals surface area contributed by atoms with Crippen LogP contribution in [0.25, 0.3) is 0 Å². The Hall–Kier alpha value is -3.74. The zero-order valence-corrected chi connectivity index (χ0v) is 26.1. The summed E-state index contributed by atoms with van der Waals surface area (Å²) >= 11 is 0. The summed E-state index contributed by atoms with van der Waals surface area (Å²) in [5.41, 5.74) is -2.49. The second-order valence-corrected chi connectivity index (χ2v) is 12.7. The molecule has 1 unspecified atom stereocenters. The van der Waals surface area contributed by atoms with Gasteiger partial charge in [-0.05, 0) is 93.7 Å². The van der Waals surface area contributed by atoms with Crippen LogP contribution in [0.4, 0.5) is 10.5 Å². The first kappa shape index (κ1) is 36.3. The summed E-state index contributed by atoms with van der Waals surface area (Å²) in [6.07, 6.45) is 0.311. The van der Waals surface area contributed by atoms with Gasteiger partial charge in [-0.15, -0.1) is 0 Å². The third-order valence-electron chi connectivity index (χ3n) is 5.06. The number of carbonyl (C=O) groups is 4. The lowest BCUT2D eigenvalue weighted by molar-refractivity contribution is -0.384. The van der Waals surface area contributed by atoms with Crippen molar-refractivity contribution in [1.82, 2.24) is 10.2 Å². The van der Waals surface area contributed by atoms with Crippen LogP contribution in [-0.4, -0.2) is 76.3 Å². The van der Waals surface area contributed by atoms with Crippen molar-refractivity contribution in [3.63, 3.8) is 0 Å². The molecule has 1 aromatic rings. The van der Waals surface area contributed by atoms with Gasteiger partial charge < -0.3 is 24.3 Å². The highest BCUT2D eigenvalue weighted by Crippen LogP contribution is 2.19. The van der Waals surface area contributed by atoms with Gasteiger partial charge in [-0.1, -0.05) is 0 Å². The number of nitrogens with one attached hydrogen (secondary N) is 1. The van der Waals surface area contributed by atoms with Crippen molar-refractivity contribution >= 4 is 29.7 Å². The van der Waals surface area contributed by atoms with Crippen LogP contribution in [0.5, 0.6) is 5.75 Å². The molecule has 0 aromatic heterocycles. The highest BCUT2D eigenvalue weighted by molar-refractivity contribution is 5.80. The average molecular weight is 596 g/mol. The molecule has 13 heteroatoms. The van der Waals surface area contributed by atoms with Gasteiger partial charge in [0, 0.05) is 18.7 Å². The summed E-state index contributed by atoms with van der Waals surface area (Å²) in [5, 5.41) is 13.3. The number of nitrogens with zero attached hydrogens (tertiary/aromatic N) is 2. The van der Waals surface area contributed by atoms with Crippen LogP contribution in [-0.2, 0) is 28.6 Å². The maximum Gasteiger partial charge on any atom is 0.412 e. The minimum absolute atomic E-state index is 0.130. The van der Waals surface area contributed by atoms with E-state index in [1.54, 1.807) is 62.3 Å². The van der Waals surface area contributed by atoms with Gasteiger partial charge in [0.1, 0.15) is 28.6 Å². The van der Waals surface area contributed by atoms with Crippen molar-refractivity contribution in [1.29, 1.82) is 0 Å². The molecule has 1 N–H and O–H groups in total. The van der Waals surface area contributed by atoms with Crippen molar-refractivity contribution < 1.29 is 43.0 Å². The second-order valence-electron chi connectivity index (χ2n) is 12.7. The molecule has 42 heavy (non-hydrogen) atoms. The fraction of sp³-hybridized carbons (Fsp3) is 0.655. The molecule has 0 aliphatic carbocycles. The lowest BCUT2D eigenvalue weighted by atomic mass is 10.1. The molecule has 0 aliphatic rings. The van der Waals surface area contributed by atoms with E-state index in [0.717, 1.165) is 0 Å². The summed E-state index contributed by atoms with van der Waals surface area (Å²) < 4.78 is 21.6. The molecule has 1 aromatic carbocycles. The van der Waals surface area contributed by atoms with Crippen molar-refractivity contribution in [3.8, 4) is 5.75 Å². The Bertz CT molecular complexity index is 1050. The lowest BCUT2D eigenvalue weighted by Gasteiger charge is -2.33. The molecular weight excluding hydrogens is 550 g/mol. The van der Waals surface area contributed by atoms with Crippen LogP contribution in [0.3, 0.4) is 0 Å². The molecule has 1 amide bonds. The third-order valence-corrected chi connectivity index (χ3v) is 5.06. The summed E-state index contributed by atoms with van der Waals surface area (Å²) in [5.74, 6) is -1.70. The number of amides is 1. The molecule has 0 radical (unpaired) electrons. The highest BCUT2D eigenvalue weighted by atomic mass is 16.6. The largest absolute Gasteiger partial charge is 0.459 e. The van der Waals surface area contributed by atoms with E-state index in [1.807, 2.05) is 0 Å². The second kappa shape index (κ2) is 15.5. The molecule has 0 aliphatic heterocycles. The third kappa shape index (κ3) is 15.9. The first-order valence-electron chi connectivity index (χ1n) is 13.8. The Balaban J connectivity index is 2.93. The monoisotopic (exact) mass is 595 g/mol. The molecule has 236 valence electrons. The van der Waals surface area contributed by atoms with Crippen molar-refractivity contribution in [2.45, 2.75) is 104 Å². The van der Waals surface area contributed by atoms with Gasteiger partial charge in [0.25, 0.3) is 5.69 Å². The molecule has 0 bridgehead atoms. The molecule has 0 fully saturated rings. The number of esters is 3. The van der Waals surface area contributed by atoms with E-state index in [-0.39, 0.29) is 37.5 Å². The minimum Gasteiger partial charge on any atom is -0.459 e. The van der Waals surface area contributed by atoms with Crippen LogP contribution >= 0.6 is 0 Å². The van der Waals surface area contributed by atoms with Crippen molar-refractivity contribution in [2.75, 3.05) is 19.6 Å². The van der Waals surface area contributed by atoms with Crippen LogP contribution in [0, 0.1) is 10.1 Å². The highest BCUT2D eigenvalue weighted by Gasteiger charge is 2.34. The smallest absolute Gasteiger partial charge is 0.412 e. The quantitative estimate of drug-likeness (QED) is 0.112. The number of ether oxygens (including phenoxy) is 4. The Kier molecular flexibility index (Phi) is 13.4. The van der Waals surface area contributed by atoms with Gasteiger partial charge in [-0.25, -0.2) is 4.79 Å². The van der Waals surface area contributed by atoms with E-state index in [4.69, 9.17) is 18.9 Å². The first-order chi connectivity index (χ1) is 19.1. The standard InChI is InChI=1S/C29H45N3O10/c1-27(2,3)40-23(33)18-31(19-24(34)41-28(4,5)6)22(25(35)42-29(7,8)9)12-10-11-17-30-26(36)39-21-15-13-20(14-16-21)32(37)38/h13-16,22H,10-12,17-19H2,1-9H3,(H,30,36). The molecule has 0 saturated heterocycles. The molecule has 13 nitrogen and oxygen atoms in total. The van der Waals surface area contributed by atoms with E-state index in [9.17, 15) is 29.3 Å². The Labute approximate surface area is 247 Å². The van der Waals surface area contributed by atoms with Crippen molar-refractivity contribution in [3.05, 3.63) is 34.4 Å². The van der Waals surface area contributed by atoms with Gasteiger partial charge in [0.05, 0.1) is 18.0 Å². The molecule has 0 saturated carbocycles. The maximum atomic E-state index is 13.3. The number of nitro groups is 1. The van der Waals surface area contributed by atoms with E-state index < -0.39 is 51.8 Å². The molecule has 1 atom stereocenters. The van der Waals surface area contributed by atoms with E-state index >= 15 is 0 Å². The van der Waals surface area contributed by atoms with Crippen LogP contribution in [0.15, 0.2) is 24.3 Å². The van der Waals surface area contributed by atoms with Gasteiger partial charge >= 0.3 is 24.0 Å². The zero-order chi connectivity index (χ0) is 32.3. The number of hydrogen-bond acceptors (Lipinski definition) is 11. The van der Waals surface area contributed by atoms with Gasteiger partial charge in [-0.2, -0.15) is 0 Å². The number of non-ortho nitro benzene ring substituents is 1. The molecular formula is C29H45N3O10. The summed E-state index contributed by atoms with van der Waals surface area (Å²) in [6, 6.07) is 4.09. The Morgan fingerprint density at radius 3 is 1.71 bits per heavy atom. The minimum atomic E-state index is -0.976. The Morgan fingerprint density at radius 2 is 1.29 bits per heavy atom. The average Bonchev–Trinajstić information content (AvgIpc) is 2.77. The number of benzene rings is 1. The zero-order valence-electron chi connectivity index (χ0n) is 26.1. The maximum absolute atomic E-state index is 13.3. The number of hydrogen-bond donors (Lipinski definition) is 1. The lowest BCUT2D eigenvalue weighted by Crippen LogP contribution is -2.50. The molecule has 0 heterocycles. The predicted octanol–water partition coefficient (Wildman–Crippen LogP) is 4.55. The fourth-order valence-corrected chi connectivity index (χ4v) is 3.61. The number of nitro benzene ring substituents is 1. The van der Waals surface area contributed by atoms with Crippen LogP contribution in [0.2, 0.25) is 0 Å². The van der Waals surface area contributed by atoms with E-state index in [0.29, 0.717) is 12.8 Å². The van der Waals surface area contributed by atoms with Gasteiger partial charge in [0.2, 0.25) is 0 Å². The van der Waals surface area contributed by atoms with Gasteiger partial charge in [0.15, 0.2) is 0 Å². The van der Waals surface area contributed by atoms with E-state index in [1.165, 1.54) is 29.2 Å². The normalized spacial score (nSPS) is 12.7. The fourth-order valence-electron chi connectivity index (χ4n) is 3.61. The Morgan fingerprint density at radius 1 is 0.810 bits per heavy atom. The molecule has 0 spiro atoms. The first-order valence-corrected chi connectivity index (χ1v) is 13.8. The van der Waals surface area contributed by atoms with Crippen LogP contribution < -0.4 is 10.1 Å². The van der Waals surface area contributed by atoms with E-state index in [2.05, 4.69) is 5.32 Å². The van der Waals surface area contributed by atoms with Crippen LogP contribution in [0.1, 0.15) is 81.6 Å². The summed E-state index contributed by atoms with van der Waals surface area (Å²) in [7, 11) is 0. The summed E-state index contributed by atoms with van der Waals surface area (Å²) in [6.45, 7) is 15.0. The molecule has 1 rings (SSSR count). The van der Waals surface area contributed by atoms with Gasteiger partial charge in [-0.3, -0.25) is 29.4 Å². The number of unbranched alkanes of at least 4 members (excludes halogenated alkanes) is 1. The number of carbonyl (C=O) groups excluding carboxylic acids is 4. The SMILES string of the molecule is CC(C)(C)OC(=O)CN(CC(=O)OC(C)(C)C)C(CCCCNC(=O)Oc1ccc([N+](=O)[O-])cc1)C(=O)OC(C)(C)C. The predicted molar refractivity (Wildman–Crippen MR) is 154 cm³/mol. The summed E-state index contributed by atoms with van der Waals surface area (Å²) in [4.78, 5) is 62.5.